The molecule has 2 bridgehead atoms. The lowest BCUT2D eigenvalue weighted by molar-refractivity contribution is 0.0338. The van der Waals surface area contributed by atoms with E-state index >= 15 is 0 Å². The summed E-state index contributed by atoms with van der Waals surface area (Å²) >= 11 is 0. The zero-order valence-electron chi connectivity index (χ0n) is 12.1. The minimum atomic E-state index is -0.515. The van der Waals surface area contributed by atoms with E-state index in [2.05, 4.69) is 16.9 Å². The topological polar surface area (TPSA) is 33.2 Å². The van der Waals surface area contributed by atoms with Crippen LogP contribution in [-0.4, -0.2) is 34.8 Å². The highest BCUT2D eigenvalue weighted by Crippen LogP contribution is 2.37. The first-order chi connectivity index (χ1) is 9.56. The van der Waals surface area contributed by atoms with Crippen LogP contribution in [0.4, 0.5) is 4.39 Å². The molecule has 0 aliphatic carbocycles. The van der Waals surface area contributed by atoms with Gasteiger partial charge in [-0.3, -0.25) is 4.79 Å². The Morgan fingerprint density at radius 3 is 2.55 bits per heavy atom. The molecule has 0 radical (unpaired) electrons. The summed E-state index contributed by atoms with van der Waals surface area (Å²) in [6.07, 6.45) is 5.53. The highest BCUT2D eigenvalue weighted by atomic mass is 19.1. The summed E-state index contributed by atoms with van der Waals surface area (Å²) in [6.45, 7) is 1.71. The van der Waals surface area contributed by atoms with Crippen molar-refractivity contribution in [3.05, 3.63) is 29.3 Å². The van der Waals surface area contributed by atoms with Gasteiger partial charge in [0.05, 0.1) is 5.69 Å². The molecule has 0 spiro atoms. The van der Waals surface area contributed by atoms with Crippen molar-refractivity contribution in [3.63, 3.8) is 0 Å². The number of aromatic nitrogens is 1. The van der Waals surface area contributed by atoms with Gasteiger partial charge in [-0.05, 0) is 51.8 Å². The molecule has 2 atom stereocenters. The number of Topliss-reactive ketones (excluding diaryl/α,β-unsaturated/α-hetero) is 1. The maximum absolute atomic E-state index is 13.1. The van der Waals surface area contributed by atoms with Crippen LogP contribution in [0.25, 0.3) is 0 Å². The van der Waals surface area contributed by atoms with Crippen LogP contribution >= 0.6 is 0 Å². The number of ketones is 1. The van der Waals surface area contributed by atoms with Crippen molar-refractivity contribution >= 4 is 5.78 Å². The van der Waals surface area contributed by atoms with Crippen LogP contribution in [0.3, 0.4) is 0 Å². The molecule has 108 valence electrons. The first-order valence-electron chi connectivity index (χ1n) is 7.45. The van der Waals surface area contributed by atoms with Crippen molar-refractivity contribution in [2.75, 3.05) is 7.05 Å². The van der Waals surface area contributed by atoms with Gasteiger partial charge in [-0.25, -0.2) is 4.98 Å². The molecule has 0 amide bonds. The van der Waals surface area contributed by atoms with Crippen molar-refractivity contribution in [1.29, 1.82) is 0 Å². The average Bonchev–Trinajstić information content (AvgIpc) is 2.37. The van der Waals surface area contributed by atoms with Gasteiger partial charge in [-0.1, -0.05) is 6.42 Å². The molecule has 2 fully saturated rings. The molecular formula is C16H21FN2O. The van der Waals surface area contributed by atoms with Crippen LogP contribution in [0.5, 0.6) is 0 Å². The molecule has 2 aliphatic heterocycles. The monoisotopic (exact) mass is 276 g/mol. The number of carbonyl (C=O) groups excluding carboxylic acids is 1. The van der Waals surface area contributed by atoms with E-state index in [1.807, 2.05) is 0 Å². The highest BCUT2D eigenvalue weighted by molar-refractivity contribution is 5.98. The number of aryl methyl sites for hydroxylation is 1. The molecule has 2 unspecified atom stereocenters. The molecule has 0 aromatic carbocycles. The number of halogens is 1. The fourth-order valence-electron chi connectivity index (χ4n) is 3.84. The summed E-state index contributed by atoms with van der Waals surface area (Å²) in [5.41, 5.74) is 1.11. The lowest BCUT2D eigenvalue weighted by atomic mass is 9.76. The summed E-state index contributed by atoms with van der Waals surface area (Å²) in [7, 11) is 2.18. The number of hydrogen-bond acceptors (Lipinski definition) is 3. The number of piperidine rings is 2. The van der Waals surface area contributed by atoms with Crippen molar-refractivity contribution in [2.45, 2.75) is 51.1 Å². The molecule has 0 N–H and O–H groups in total. The highest BCUT2D eigenvalue weighted by Gasteiger charge is 2.39. The Morgan fingerprint density at radius 1 is 1.30 bits per heavy atom. The number of pyridine rings is 1. The van der Waals surface area contributed by atoms with E-state index in [1.165, 1.54) is 25.3 Å². The van der Waals surface area contributed by atoms with E-state index in [0.717, 1.165) is 12.8 Å². The van der Waals surface area contributed by atoms with Gasteiger partial charge in [0.15, 0.2) is 5.78 Å². The van der Waals surface area contributed by atoms with Crippen LogP contribution in [0, 0.1) is 18.8 Å². The second-order valence-electron chi connectivity index (χ2n) is 6.20. The summed E-state index contributed by atoms with van der Waals surface area (Å²) < 4.78 is 13.1. The fraction of sp³-hybridized carbons (Fsp3) is 0.625. The SMILES string of the molecule is Cc1nc(F)ccc1C(=O)C1CC2CCCC(C1)N2C. The second kappa shape index (κ2) is 5.24. The number of nitrogens with zero attached hydrogens (tertiary/aromatic N) is 2. The fourth-order valence-corrected chi connectivity index (χ4v) is 3.84. The lowest BCUT2D eigenvalue weighted by Crippen LogP contribution is -2.51. The number of carbonyl (C=O) groups is 1. The first kappa shape index (κ1) is 13.7. The van der Waals surface area contributed by atoms with E-state index in [1.54, 1.807) is 13.0 Å². The molecular weight excluding hydrogens is 255 g/mol. The van der Waals surface area contributed by atoms with Crippen LogP contribution in [0.2, 0.25) is 0 Å². The third-order valence-electron chi connectivity index (χ3n) is 5.03. The van der Waals surface area contributed by atoms with Gasteiger partial charge in [0.25, 0.3) is 0 Å². The predicted molar refractivity (Wildman–Crippen MR) is 75.2 cm³/mol. The minimum Gasteiger partial charge on any atom is -0.300 e. The molecule has 2 saturated heterocycles. The van der Waals surface area contributed by atoms with Crippen molar-refractivity contribution in [2.24, 2.45) is 5.92 Å². The van der Waals surface area contributed by atoms with Gasteiger partial charge in [-0.2, -0.15) is 4.39 Å². The number of rotatable bonds is 2. The minimum absolute atomic E-state index is 0.0764. The molecule has 1 aromatic heterocycles. The van der Waals surface area contributed by atoms with Gasteiger partial charge < -0.3 is 4.90 Å². The van der Waals surface area contributed by atoms with Gasteiger partial charge in [0.1, 0.15) is 0 Å². The van der Waals surface area contributed by atoms with E-state index in [4.69, 9.17) is 0 Å². The normalized spacial score (nSPS) is 30.2. The number of hydrogen-bond donors (Lipinski definition) is 0. The summed E-state index contributed by atoms with van der Waals surface area (Å²) in [4.78, 5) is 18.9. The van der Waals surface area contributed by atoms with Crippen molar-refractivity contribution < 1.29 is 9.18 Å². The smallest absolute Gasteiger partial charge is 0.213 e. The molecule has 3 heterocycles. The van der Waals surface area contributed by atoms with Crippen LogP contribution in [-0.2, 0) is 0 Å². The van der Waals surface area contributed by atoms with Crippen LogP contribution in [0.15, 0.2) is 12.1 Å². The Bertz CT molecular complexity index is 517. The quantitative estimate of drug-likeness (QED) is 0.615. The molecule has 3 rings (SSSR count). The average molecular weight is 276 g/mol. The van der Waals surface area contributed by atoms with Crippen molar-refractivity contribution in [1.82, 2.24) is 9.88 Å². The zero-order valence-corrected chi connectivity index (χ0v) is 12.1. The Balaban J connectivity index is 1.81. The van der Waals surface area contributed by atoms with Crippen LogP contribution in [0.1, 0.15) is 48.2 Å². The molecule has 4 heteroatoms. The van der Waals surface area contributed by atoms with Gasteiger partial charge in [-0.15, -0.1) is 0 Å². The first-order valence-corrected chi connectivity index (χ1v) is 7.45. The maximum atomic E-state index is 13.1. The zero-order chi connectivity index (χ0) is 14.3. The number of fused-ring (bicyclic) bond motifs is 2. The van der Waals surface area contributed by atoms with Gasteiger partial charge >= 0.3 is 0 Å². The van der Waals surface area contributed by atoms with E-state index in [9.17, 15) is 9.18 Å². The molecule has 1 aromatic rings. The third-order valence-corrected chi connectivity index (χ3v) is 5.03. The summed E-state index contributed by atoms with van der Waals surface area (Å²) in [5, 5.41) is 0. The molecule has 2 aliphatic rings. The molecule has 20 heavy (non-hydrogen) atoms. The maximum Gasteiger partial charge on any atom is 0.213 e. The van der Waals surface area contributed by atoms with Crippen molar-refractivity contribution in [3.8, 4) is 0 Å². The van der Waals surface area contributed by atoms with Crippen LogP contribution < -0.4 is 0 Å². The van der Waals surface area contributed by atoms with E-state index in [0.29, 0.717) is 23.3 Å². The lowest BCUT2D eigenvalue weighted by Gasteiger charge is -2.46. The Hall–Kier alpha value is -1.29. The van der Waals surface area contributed by atoms with E-state index in [-0.39, 0.29) is 11.7 Å². The standard InChI is InChI=1S/C16H21FN2O/c1-10-14(6-7-15(17)18-10)16(20)11-8-12-4-3-5-13(9-11)19(12)2/h6-7,11-13H,3-5,8-9H2,1-2H3. The Labute approximate surface area is 119 Å². The Morgan fingerprint density at radius 2 is 1.95 bits per heavy atom. The third kappa shape index (κ3) is 2.37. The summed E-state index contributed by atoms with van der Waals surface area (Å²) in [6, 6.07) is 3.94. The van der Waals surface area contributed by atoms with Gasteiger partial charge in [0, 0.05) is 23.6 Å². The molecule has 0 saturated carbocycles. The largest absolute Gasteiger partial charge is 0.300 e. The summed E-state index contributed by atoms with van der Waals surface area (Å²) in [5.74, 6) is -0.285. The second-order valence-corrected chi connectivity index (χ2v) is 6.20. The predicted octanol–water partition coefficient (Wildman–Crippen LogP) is 2.97. The van der Waals surface area contributed by atoms with E-state index < -0.39 is 5.95 Å². The molecule has 3 nitrogen and oxygen atoms in total. The Kier molecular flexibility index (Phi) is 3.59. The van der Waals surface area contributed by atoms with Gasteiger partial charge in [0.2, 0.25) is 5.95 Å².